The van der Waals surface area contributed by atoms with Gasteiger partial charge in [0, 0.05) is 32.0 Å². The molecule has 156 valence electrons. The molecule has 0 saturated heterocycles. The zero-order chi connectivity index (χ0) is 20.0. The SMILES string of the molecule is CN=C(NCCc1c(C)noc1C)NCc1cc(F)ccc1CS(C)(=O)=O.I. The second-order valence-electron chi connectivity index (χ2n) is 6.39. The Bertz CT molecular complexity index is 909. The maximum Gasteiger partial charge on any atom is 0.191 e. The molecule has 7 nitrogen and oxygen atoms in total. The number of hydrogen-bond donors (Lipinski definition) is 2. The molecule has 2 aromatic rings. The molecule has 0 amide bonds. The predicted octanol–water partition coefficient (Wildman–Crippen LogP) is 2.50. The number of hydrogen-bond acceptors (Lipinski definition) is 5. The Morgan fingerprint density at radius 3 is 2.54 bits per heavy atom. The van der Waals surface area contributed by atoms with Crippen molar-refractivity contribution in [2.75, 3.05) is 19.8 Å². The first-order chi connectivity index (χ1) is 12.7. The van der Waals surface area contributed by atoms with Gasteiger partial charge in [-0.15, -0.1) is 24.0 Å². The summed E-state index contributed by atoms with van der Waals surface area (Å²) in [5.74, 6) is 0.784. The van der Waals surface area contributed by atoms with Gasteiger partial charge in [-0.2, -0.15) is 0 Å². The lowest BCUT2D eigenvalue weighted by atomic mass is 10.1. The van der Waals surface area contributed by atoms with Gasteiger partial charge in [0.05, 0.1) is 11.4 Å². The van der Waals surface area contributed by atoms with Crippen LogP contribution in [0.3, 0.4) is 0 Å². The Morgan fingerprint density at radius 2 is 1.96 bits per heavy atom. The van der Waals surface area contributed by atoms with Crippen LogP contribution in [-0.4, -0.2) is 39.4 Å². The molecule has 28 heavy (non-hydrogen) atoms. The lowest BCUT2D eigenvalue weighted by molar-refractivity contribution is 0.392. The number of nitrogens with one attached hydrogen (secondary N) is 2. The molecule has 0 aliphatic rings. The van der Waals surface area contributed by atoms with Crippen LogP contribution < -0.4 is 10.6 Å². The summed E-state index contributed by atoms with van der Waals surface area (Å²) < 4.78 is 41.9. The third-order valence-electron chi connectivity index (χ3n) is 4.10. The summed E-state index contributed by atoms with van der Waals surface area (Å²) >= 11 is 0. The van der Waals surface area contributed by atoms with E-state index >= 15 is 0 Å². The number of aryl methyl sites for hydroxylation is 2. The van der Waals surface area contributed by atoms with Crippen LogP contribution in [0, 0.1) is 19.7 Å². The molecular formula is C18H26FIN4O3S. The van der Waals surface area contributed by atoms with Crippen molar-refractivity contribution in [2.45, 2.75) is 32.6 Å². The number of aromatic nitrogens is 1. The first-order valence-electron chi connectivity index (χ1n) is 8.51. The lowest BCUT2D eigenvalue weighted by Gasteiger charge is -2.14. The zero-order valence-electron chi connectivity index (χ0n) is 16.4. The number of benzene rings is 1. The monoisotopic (exact) mass is 524 g/mol. The highest BCUT2D eigenvalue weighted by atomic mass is 127. The molecule has 2 N–H and O–H groups in total. The number of guanidine groups is 1. The molecule has 2 rings (SSSR count). The molecule has 0 bridgehead atoms. The largest absolute Gasteiger partial charge is 0.361 e. The number of nitrogens with zero attached hydrogens (tertiary/aromatic N) is 2. The van der Waals surface area contributed by atoms with Gasteiger partial charge in [-0.05, 0) is 43.5 Å². The van der Waals surface area contributed by atoms with Crippen LogP contribution >= 0.6 is 24.0 Å². The summed E-state index contributed by atoms with van der Waals surface area (Å²) in [6, 6.07) is 4.10. The number of sulfone groups is 1. The molecule has 0 fully saturated rings. The van der Waals surface area contributed by atoms with Crippen molar-refractivity contribution in [3.05, 3.63) is 52.2 Å². The quantitative estimate of drug-likeness (QED) is 0.329. The third-order valence-corrected chi connectivity index (χ3v) is 4.94. The van der Waals surface area contributed by atoms with Gasteiger partial charge < -0.3 is 15.2 Å². The van der Waals surface area contributed by atoms with E-state index in [-0.39, 0.29) is 36.3 Å². The number of rotatable bonds is 7. The summed E-state index contributed by atoms with van der Waals surface area (Å²) in [5, 5.41) is 10.2. The van der Waals surface area contributed by atoms with Crippen molar-refractivity contribution >= 4 is 39.8 Å². The molecule has 0 spiro atoms. The average molecular weight is 524 g/mol. The molecular weight excluding hydrogens is 498 g/mol. The van der Waals surface area contributed by atoms with Crippen molar-refractivity contribution in [1.82, 2.24) is 15.8 Å². The second-order valence-corrected chi connectivity index (χ2v) is 8.53. The van der Waals surface area contributed by atoms with Gasteiger partial charge in [-0.3, -0.25) is 4.99 Å². The Balaban J connectivity index is 0.00000392. The van der Waals surface area contributed by atoms with Crippen LogP contribution in [0.15, 0.2) is 27.7 Å². The van der Waals surface area contributed by atoms with E-state index < -0.39 is 15.7 Å². The van der Waals surface area contributed by atoms with Gasteiger partial charge in [0.2, 0.25) is 0 Å². The Hall–Kier alpha value is -1.69. The summed E-state index contributed by atoms with van der Waals surface area (Å²) in [6.45, 7) is 4.64. The minimum absolute atomic E-state index is 0. The van der Waals surface area contributed by atoms with Gasteiger partial charge in [0.25, 0.3) is 0 Å². The van der Waals surface area contributed by atoms with Gasteiger partial charge >= 0.3 is 0 Å². The minimum Gasteiger partial charge on any atom is -0.361 e. The van der Waals surface area contributed by atoms with Crippen molar-refractivity contribution in [2.24, 2.45) is 4.99 Å². The summed E-state index contributed by atoms with van der Waals surface area (Å²) in [7, 11) is -1.58. The molecule has 0 unspecified atom stereocenters. The zero-order valence-corrected chi connectivity index (χ0v) is 19.5. The molecule has 10 heteroatoms. The van der Waals surface area contributed by atoms with E-state index in [1.807, 2.05) is 13.8 Å². The van der Waals surface area contributed by atoms with Crippen molar-refractivity contribution < 1.29 is 17.3 Å². The van der Waals surface area contributed by atoms with E-state index in [9.17, 15) is 12.8 Å². The van der Waals surface area contributed by atoms with E-state index in [1.165, 1.54) is 18.2 Å². The highest BCUT2D eigenvalue weighted by Gasteiger charge is 2.12. The van der Waals surface area contributed by atoms with Crippen LogP contribution in [0.1, 0.15) is 28.1 Å². The topological polar surface area (TPSA) is 96.6 Å². The first kappa shape index (κ1) is 24.3. The van der Waals surface area contributed by atoms with Crippen molar-refractivity contribution in [3.8, 4) is 0 Å². The van der Waals surface area contributed by atoms with Crippen molar-refractivity contribution in [3.63, 3.8) is 0 Å². The van der Waals surface area contributed by atoms with Crippen LogP contribution in [0.2, 0.25) is 0 Å². The van der Waals surface area contributed by atoms with E-state index in [2.05, 4.69) is 20.8 Å². The predicted molar refractivity (Wildman–Crippen MR) is 118 cm³/mol. The second kappa shape index (κ2) is 10.7. The van der Waals surface area contributed by atoms with Crippen LogP contribution in [0.4, 0.5) is 4.39 Å². The molecule has 0 radical (unpaired) electrons. The lowest BCUT2D eigenvalue weighted by Crippen LogP contribution is -2.38. The molecule has 0 saturated carbocycles. The standard InChI is InChI=1S/C18H25FN4O3S.HI/c1-12-17(13(2)26-23-12)7-8-21-18(20-3)22-10-15-9-16(19)6-5-14(15)11-27(4,24)25;/h5-6,9H,7-8,10-11H2,1-4H3,(H2,20,21,22);1H. The molecule has 0 atom stereocenters. The van der Waals surface area contributed by atoms with Crippen LogP contribution in [0.25, 0.3) is 0 Å². The van der Waals surface area contributed by atoms with Gasteiger partial charge in [0.15, 0.2) is 15.8 Å². The highest BCUT2D eigenvalue weighted by molar-refractivity contribution is 14.0. The Labute approximate surface area is 182 Å². The van der Waals surface area contributed by atoms with E-state index in [4.69, 9.17) is 4.52 Å². The number of aliphatic imine (C=N–C) groups is 1. The fourth-order valence-corrected chi connectivity index (χ4v) is 3.59. The molecule has 1 aromatic heterocycles. The van der Waals surface area contributed by atoms with Crippen LogP contribution in [0.5, 0.6) is 0 Å². The van der Waals surface area contributed by atoms with Crippen molar-refractivity contribution in [1.29, 1.82) is 0 Å². The first-order valence-corrected chi connectivity index (χ1v) is 10.6. The average Bonchev–Trinajstić information content (AvgIpc) is 2.90. The Kier molecular flexibility index (Phi) is 9.34. The normalized spacial score (nSPS) is 11.8. The summed E-state index contributed by atoms with van der Waals surface area (Å²) in [6.07, 6.45) is 1.88. The molecule has 1 heterocycles. The fourth-order valence-electron chi connectivity index (χ4n) is 2.75. The van der Waals surface area contributed by atoms with E-state index in [1.54, 1.807) is 7.05 Å². The maximum atomic E-state index is 13.6. The van der Waals surface area contributed by atoms with E-state index in [0.29, 0.717) is 23.6 Å². The molecule has 0 aliphatic carbocycles. The summed E-state index contributed by atoms with van der Waals surface area (Å²) in [4.78, 5) is 4.14. The molecule has 1 aromatic carbocycles. The minimum atomic E-state index is -3.22. The summed E-state index contributed by atoms with van der Waals surface area (Å²) in [5.41, 5.74) is 3.06. The Morgan fingerprint density at radius 1 is 1.25 bits per heavy atom. The molecule has 0 aliphatic heterocycles. The third kappa shape index (κ3) is 7.38. The smallest absolute Gasteiger partial charge is 0.191 e. The van der Waals surface area contributed by atoms with Gasteiger partial charge in [-0.25, -0.2) is 12.8 Å². The highest BCUT2D eigenvalue weighted by Crippen LogP contribution is 2.15. The van der Waals surface area contributed by atoms with Crippen LogP contribution in [-0.2, 0) is 28.6 Å². The van der Waals surface area contributed by atoms with Gasteiger partial charge in [0.1, 0.15) is 11.6 Å². The van der Waals surface area contributed by atoms with E-state index in [0.717, 1.165) is 29.7 Å². The fraction of sp³-hybridized carbons (Fsp3) is 0.444. The number of halogens is 2. The maximum absolute atomic E-state index is 13.6. The van der Waals surface area contributed by atoms with Gasteiger partial charge in [-0.1, -0.05) is 11.2 Å².